The van der Waals surface area contributed by atoms with E-state index in [2.05, 4.69) is 9.88 Å². The summed E-state index contributed by atoms with van der Waals surface area (Å²) in [6.07, 6.45) is 10.6. The molecule has 1 aromatic rings. The van der Waals surface area contributed by atoms with E-state index in [9.17, 15) is 4.79 Å². The zero-order chi connectivity index (χ0) is 13.5. The number of nitrogens with zero attached hydrogens (tertiary/aromatic N) is 2. The highest BCUT2D eigenvalue weighted by atomic mass is 16.1. The highest BCUT2D eigenvalue weighted by Crippen LogP contribution is 2.24. The molecule has 1 aromatic heterocycles. The number of carbonyl (C=O) groups is 1. The Kier molecular flexibility index (Phi) is 5.52. The van der Waals surface area contributed by atoms with E-state index in [-0.39, 0.29) is 0 Å². The minimum atomic E-state index is 0.331. The smallest absolute Gasteiger partial charge is 0.149 e. The lowest BCUT2D eigenvalue weighted by molar-refractivity contribution is -0.124. The van der Waals surface area contributed by atoms with Crippen molar-refractivity contribution in [3.63, 3.8) is 0 Å². The second-order valence-electron chi connectivity index (χ2n) is 5.64. The summed E-state index contributed by atoms with van der Waals surface area (Å²) in [6.45, 7) is 1.54. The van der Waals surface area contributed by atoms with Gasteiger partial charge in [0.1, 0.15) is 5.78 Å². The normalized spacial score (nSPS) is 16.7. The molecule has 0 spiro atoms. The number of hydrogen-bond donors (Lipinski definition) is 0. The first kappa shape index (κ1) is 14.2. The molecule has 0 radical (unpaired) electrons. The first-order chi connectivity index (χ1) is 9.25. The first-order valence-electron chi connectivity index (χ1n) is 7.36. The Balaban J connectivity index is 1.71. The first-order valence-corrected chi connectivity index (χ1v) is 7.36. The minimum absolute atomic E-state index is 0.331. The molecule has 19 heavy (non-hydrogen) atoms. The molecule has 1 fully saturated rings. The van der Waals surface area contributed by atoms with Gasteiger partial charge in [-0.25, -0.2) is 0 Å². The predicted octanol–water partition coefficient (Wildman–Crippen LogP) is 2.71. The monoisotopic (exact) mass is 260 g/mol. The van der Waals surface area contributed by atoms with Crippen molar-refractivity contribution in [2.45, 2.75) is 38.5 Å². The van der Waals surface area contributed by atoms with Crippen LogP contribution < -0.4 is 0 Å². The van der Waals surface area contributed by atoms with E-state index < -0.39 is 0 Å². The molecule has 0 aliphatic heterocycles. The van der Waals surface area contributed by atoms with Crippen LogP contribution in [-0.2, 0) is 11.2 Å². The molecule has 1 aliphatic rings. The highest BCUT2D eigenvalue weighted by molar-refractivity contribution is 5.83. The van der Waals surface area contributed by atoms with E-state index >= 15 is 0 Å². The van der Waals surface area contributed by atoms with Crippen molar-refractivity contribution in [3.8, 4) is 0 Å². The molecule has 0 unspecified atom stereocenters. The third-order valence-electron chi connectivity index (χ3n) is 4.02. The van der Waals surface area contributed by atoms with Gasteiger partial charge in [0.25, 0.3) is 0 Å². The van der Waals surface area contributed by atoms with Crippen molar-refractivity contribution < 1.29 is 4.79 Å². The molecule has 3 heteroatoms. The Hall–Kier alpha value is -1.22. The summed E-state index contributed by atoms with van der Waals surface area (Å²) >= 11 is 0. The lowest BCUT2D eigenvalue weighted by Crippen LogP contribution is -2.32. The van der Waals surface area contributed by atoms with Gasteiger partial charge in [-0.05, 0) is 44.0 Å². The van der Waals surface area contributed by atoms with Gasteiger partial charge in [-0.15, -0.1) is 0 Å². The number of Topliss-reactive ketones (excluding diaryl/α,β-unsaturated/α-hetero) is 1. The number of ketones is 1. The Morgan fingerprint density at radius 2 is 1.95 bits per heavy atom. The lowest BCUT2D eigenvalue weighted by atomic mass is 9.86. The van der Waals surface area contributed by atoms with Gasteiger partial charge in [-0.2, -0.15) is 0 Å². The van der Waals surface area contributed by atoms with Crippen LogP contribution in [0.2, 0.25) is 0 Å². The number of likely N-dealkylation sites (N-methyl/N-ethyl adjacent to an activating group) is 1. The molecule has 0 bridgehead atoms. The number of rotatable bonds is 6. The van der Waals surface area contributed by atoms with Gasteiger partial charge in [0.15, 0.2) is 0 Å². The molecule has 0 amide bonds. The zero-order valence-corrected chi connectivity index (χ0v) is 11.8. The van der Waals surface area contributed by atoms with Crippen LogP contribution in [-0.4, -0.2) is 35.8 Å². The number of hydrogen-bond acceptors (Lipinski definition) is 3. The van der Waals surface area contributed by atoms with Crippen molar-refractivity contribution in [2.24, 2.45) is 5.92 Å². The van der Waals surface area contributed by atoms with Gasteiger partial charge in [-0.3, -0.25) is 14.7 Å². The molecule has 0 atom stereocenters. The summed E-state index contributed by atoms with van der Waals surface area (Å²) in [5, 5.41) is 0. The van der Waals surface area contributed by atoms with Gasteiger partial charge < -0.3 is 0 Å². The van der Waals surface area contributed by atoms with Crippen LogP contribution in [0.5, 0.6) is 0 Å². The van der Waals surface area contributed by atoms with Gasteiger partial charge >= 0.3 is 0 Å². The fourth-order valence-electron chi connectivity index (χ4n) is 2.77. The fraction of sp³-hybridized carbons (Fsp3) is 0.625. The van der Waals surface area contributed by atoms with Crippen molar-refractivity contribution in [2.75, 3.05) is 20.1 Å². The molecule has 1 aliphatic carbocycles. The Labute approximate surface area is 116 Å². The molecule has 0 saturated heterocycles. The summed E-state index contributed by atoms with van der Waals surface area (Å²) in [6, 6.07) is 4.08. The van der Waals surface area contributed by atoms with Crippen LogP contribution in [0.3, 0.4) is 0 Å². The average molecular weight is 260 g/mol. The summed E-state index contributed by atoms with van der Waals surface area (Å²) in [5.74, 6) is 0.772. The third-order valence-corrected chi connectivity index (χ3v) is 4.02. The molecular formula is C16H24N2O. The van der Waals surface area contributed by atoms with E-state index in [1.54, 1.807) is 0 Å². The Morgan fingerprint density at radius 1 is 1.26 bits per heavy atom. The summed E-state index contributed by atoms with van der Waals surface area (Å²) < 4.78 is 0. The molecule has 104 valence electrons. The maximum absolute atomic E-state index is 12.2. The third kappa shape index (κ3) is 4.75. The van der Waals surface area contributed by atoms with Crippen LogP contribution in [0.4, 0.5) is 0 Å². The van der Waals surface area contributed by atoms with Crippen molar-refractivity contribution >= 4 is 5.78 Å². The second kappa shape index (κ2) is 7.39. The van der Waals surface area contributed by atoms with Gasteiger partial charge in [-0.1, -0.05) is 19.3 Å². The molecule has 3 nitrogen and oxygen atoms in total. The van der Waals surface area contributed by atoms with Crippen LogP contribution in [0, 0.1) is 5.92 Å². The van der Waals surface area contributed by atoms with E-state index in [1.807, 2.05) is 31.6 Å². The minimum Gasteiger partial charge on any atom is -0.299 e. The van der Waals surface area contributed by atoms with Crippen LogP contribution in [0.15, 0.2) is 24.5 Å². The summed E-state index contributed by atoms with van der Waals surface area (Å²) in [7, 11) is 2.04. The SMILES string of the molecule is CN(CCc1ccncc1)CC(=O)C1CCCCC1. The van der Waals surface area contributed by atoms with Crippen LogP contribution >= 0.6 is 0 Å². The Morgan fingerprint density at radius 3 is 2.63 bits per heavy atom. The number of aromatic nitrogens is 1. The van der Waals surface area contributed by atoms with Crippen LogP contribution in [0.1, 0.15) is 37.7 Å². The molecule has 0 aromatic carbocycles. The molecule has 2 rings (SSSR count). The summed E-state index contributed by atoms with van der Waals surface area (Å²) in [4.78, 5) is 18.3. The topological polar surface area (TPSA) is 33.2 Å². The average Bonchev–Trinajstić information content (AvgIpc) is 2.47. The van der Waals surface area contributed by atoms with E-state index in [0.717, 1.165) is 25.8 Å². The van der Waals surface area contributed by atoms with Gasteiger partial charge in [0.2, 0.25) is 0 Å². The lowest BCUT2D eigenvalue weighted by Gasteiger charge is -2.23. The van der Waals surface area contributed by atoms with E-state index in [4.69, 9.17) is 0 Å². The predicted molar refractivity (Wildman–Crippen MR) is 77.0 cm³/mol. The van der Waals surface area contributed by atoms with Crippen molar-refractivity contribution in [3.05, 3.63) is 30.1 Å². The van der Waals surface area contributed by atoms with Crippen molar-refractivity contribution in [1.82, 2.24) is 9.88 Å². The summed E-state index contributed by atoms with van der Waals surface area (Å²) in [5.41, 5.74) is 1.28. The number of carbonyl (C=O) groups excluding carboxylic acids is 1. The van der Waals surface area contributed by atoms with Crippen LogP contribution in [0.25, 0.3) is 0 Å². The molecule has 0 N–H and O–H groups in total. The molecular weight excluding hydrogens is 236 g/mol. The number of pyridine rings is 1. The second-order valence-corrected chi connectivity index (χ2v) is 5.64. The van der Waals surface area contributed by atoms with Gasteiger partial charge in [0, 0.05) is 24.9 Å². The van der Waals surface area contributed by atoms with E-state index in [0.29, 0.717) is 18.2 Å². The maximum atomic E-state index is 12.2. The molecule has 1 saturated carbocycles. The fourth-order valence-corrected chi connectivity index (χ4v) is 2.77. The Bertz CT molecular complexity index is 385. The maximum Gasteiger partial charge on any atom is 0.149 e. The largest absolute Gasteiger partial charge is 0.299 e. The zero-order valence-electron chi connectivity index (χ0n) is 11.8. The van der Waals surface area contributed by atoms with Gasteiger partial charge in [0.05, 0.1) is 6.54 Å². The molecule has 1 heterocycles. The van der Waals surface area contributed by atoms with Crippen molar-refractivity contribution in [1.29, 1.82) is 0 Å². The van der Waals surface area contributed by atoms with E-state index in [1.165, 1.54) is 24.8 Å². The highest BCUT2D eigenvalue weighted by Gasteiger charge is 2.21. The quantitative estimate of drug-likeness (QED) is 0.788. The standard InChI is InChI=1S/C16H24N2O/c1-18(12-9-14-7-10-17-11-8-14)13-16(19)15-5-3-2-4-6-15/h7-8,10-11,15H,2-6,9,12-13H2,1H3.